The minimum absolute atomic E-state index is 0.152. The van der Waals surface area contributed by atoms with Crippen molar-refractivity contribution in [1.29, 1.82) is 0 Å². The van der Waals surface area contributed by atoms with Crippen molar-refractivity contribution < 1.29 is 9.53 Å². The molecule has 136 valence electrons. The highest BCUT2D eigenvalue weighted by molar-refractivity contribution is 6.42. The van der Waals surface area contributed by atoms with E-state index >= 15 is 0 Å². The van der Waals surface area contributed by atoms with Gasteiger partial charge < -0.3 is 10.1 Å². The topological polar surface area (TPSA) is 90.5 Å². The quantitative estimate of drug-likeness (QED) is 0.713. The number of nitrogens with zero attached hydrogens (tertiary/aromatic N) is 4. The lowest BCUT2D eigenvalue weighted by atomic mass is 10.1. The van der Waals surface area contributed by atoms with Crippen LogP contribution in [-0.2, 0) is 11.3 Å². The first kappa shape index (κ1) is 18.2. The summed E-state index contributed by atoms with van der Waals surface area (Å²) in [5, 5.41) is 7.68. The smallest absolute Gasteiger partial charge is 0.352 e. The van der Waals surface area contributed by atoms with Crippen LogP contribution in [0.5, 0.6) is 5.88 Å². The van der Waals surface area contributed by atoms with Gasteiger partial charge in [-0.3, -0.25) is 4.79 Å². The average molecular weight is 396 g/mol. The first-order valence-corrected chi connectivity index (χ1v) is 8.39. The van der Waals surface area contributed by atoms with Gasteiger partial charge in [-0.2, -0.15) is 4.98 Å². The minimum atomic E-state index is -0.465. The predicted molar refractivity (Wildman–Crippen MR) is 96.8 cm³/mol. The molecule has 0 fully saturated rings. The summed E-state index contributed by atoms with van der Waals surface area (Å²) >= 11 is 11.9. The molecule has 3 rings (SSSR count). The van der Waals surface area contributed by atoms with Crippen molar-refractivity contribution in [3.8, 4) is 5.88 Å². The van der Waals surface area contributed by atoms with E-state index in [2.05, 4.69) is 15.4 Å². The third-order valence-corrected chi connectivity index (χ3v) is 4.49. The molecular formula is C16H15Cl2N5O3. The van der Waals surface area contributed by atoms with Gasteiger partial charge in [-0.05, 0) is 24.6 Å². The van der Waals surface area contributed by atoms with Crippen molar-refractivity contribution in [1.82, 2.24) is 24.5 Å². The van der Waals surface area contributed by atoms with E-state index in [4.69, 9.17) is 27.9 Å². The Hall–Kier alpha value is -2.58. The second-order valence-corrected chi connectivity index (χ2v) is 6.36. The lowest BCUT2D eigenvalue weighted by molar-refractivity contribution is -0.122. The first-order valence-electron chi connectivity index (χ1n) is 7.63. The molecule has 2 heterocycles. The van der Waals surface area contributed by atoms with Crippen LogP contribution < -0.4 is 15.7 Å². The number of benzene rings is 1. The summed E-state index contributed by atoms with van der Waals surface area (Å²) < 4.78 is 7.27. The van der Waals surface area contributed by atoms with Crippen LogP contribution in [0.15, 0.2) is 35.3 Å². The van der Waals surface area contributed by atoms with E-state index in [0.717, 1.165) is 10.2 Å². The molecule has 10 heteroatoms. The Morgan fingerprint density at radius 1 is 1.31 bits per heavy atom. The average Bonchev–Trinajstić information content (AvgIpc) is 2.92. The largest absolute Gasteiger partial charge is 0.481 e. The normalized spacial score (nSPS) is 12.2. The second-order valence-electron chi connectivity index (χ2n) is 5.54. The third kappa shape index (κ3) is 3.66. The number of carbonyl (C=O) groups is 1. The van der Waals surface area contributed by atoms with Crippen molar-refractivity contribution in [3.63, 3.8) is 0 Å². The van der Waals surface area contributed by atoms with Gasteiger partial charge in [0, 0.05) is 12.3 Å². The van der Waals surface area contributed by atoms with Crippen LogP contribution in [0.4, 0.5) is 0 Å². The Kier molecular flexibility index (Phi) is 5.15. The van der Waals surface area contributed by atoms with Crippen LogP contribution in [0.1, 0.15) is 18.5 Å². The van der Waals surface area contributed by atoms with Gasteiger partial charge in [-0.1, -0.05) is 29.3 Å². The Balaban J connectivity index is 1.75. The van der Waals surface area contributed by atoms with Crippen LogP contribution >= 0.6 is 23.2 Å². The summed E-state index contributed by atoms with van der Waals surface area (Å²) in [5.41, 5.74) is 0.328. The number of amides is 1. The van der Waals surface area contributed by atoms with Crippen molar-refractivity contribution in [2.45, 2.75) is 19.5 Å². The number of halogens is 2. The standard InChI is InChI=1S/C16H15Cl2N5O3/c1-9(10-3-4-11(17)12(18)7-10)19-13(24)8-23-16(25)22-6-5-14(26-2)20-15(22)21-23/h3-7,9H,8H2,1-2H3,(H,19,24)/t9-/m0/s1. The van der Waals surface area contributed by atoms with E-state index < -0.39 is 5.69 Å². The molecule has 0 aliphatic carbocycles. The number of methoxy groups -OCH3 is 1. The molecule has 0 aliphatic heterocycles. The van der Waals surface area contributed by atoms with E-state index in [-0.39, 0.29) is 24.3 Å². The maximum absolute atomic E-state index is 12.3. The van der Waals surface area contributed by atoms with Crippen LogP contribution in [0.2, 0.25) is 10.0 Å². The Morgan fingerprint density at radius 2 is 2.08 bits per heavy atom. The van der Waals surface area contributed by atoms with Crippen molar-refractivity contribution in [2.24, 2.45) is 0 Å². The lowest BCUT2D eigenvalue weighted by Crippen LogP contribution is -2.34. The van der Waals surface area contributed by atoms with Gasteiger partial charge >= 0.3 is 5.69 Å². The van der Waals surface area contributed by atoms with Gasteiger partial charge in [0.25, 0.3) is 5.78 Å². The van der Waals surface area contributed by atoms with Crippen molar-refractivity contribution >= 4 is 34.9 Å². The second kappa shape index (κ2) is 7.35. The Morgan fingerprint density at radius 3 is 2.77 bits per heavy atom. The van der Waals surface area contributed by atoms with Crippen LogP contribution in [0.3, 0.4) is 0 Å². The van der Waals surface area contributed by atoms with E-state index in [9.17, 15) is 9.59 Å². The maximum Gasteiger partial charge on any atom is 0.352 e. The van der Waals surface area contributed by atoms with Crippen LogP contribution in [-0.4, -0.2) is 32.2 Å². The monoisotopic (exact) mass is 395 g/mol. The van der Waals surface area contributed by atoms with E-state index in [1.807, 2.05) is 0 Å². The highest BCUT2D eigenvalue weighted by atomic mass is 35.5. The highest BCUT2D eigenvalue weighted by Crippen LogP contribution is 2.25. The molecule has 0 saturated carbocycles. The molecular weight excluding hydrogens is 381 g/mol. The van der Waals surface area contributed by atoms with Gasteiger partial charge in [-0.25, -0.2) is 13.9 Å². The Bertz CT molecular complexity index is 1030. The summed E-state index contributed by atoms with van der Waals surface area (Å²) in [6.07, 6.45) is 1.49. The molecule has 8 nitrogen and oxygen atoms in total. The first-order chi connectivity index (χ1) is 12.4. The van der Waals surface area contributed by atoms with Crippen molar-refractivity contribution in [2.75, 3.05) is 7.11 Å². The summed E-state index contributed by atoms with van der Waals surface area (Å²) in [5.74, 6) is 0.105. The third-order valence-electron chi connectivity index (χ3n) is 3.75. The van der Waals surface area contributed by atoms with Gasteiger partial charge in [0.15, 0.2) is 0 Å². The van der Waals surface area contributed by atoms with Gasteiger partial charge in [-0.15, -0.1) is 5.10 Å². The predicted octanol–water partition coefficient (Wildman–Crippen LogP) is 2.08. The van der Waals surface area contributed by atoms with Crippen LogP contribution in [0, 0.1) is 0 Å². The van der Waals surface area contributed by atoms with E-state index in [0.29, 0.717) is 15.9 Å². The molecule has 1 N–H and O–H groups in total. The zero-order chi connectivity index (χ0) is 18.8. The number of rotatable bonds is 5. The fraction of sp³-hybridized carbons (Fsp3) is 0.250. The summed E-state index contributed by atoms with van der Waals surface area (Å²) in [7, 11) is 1.46. The molecule has 0 aliphatic rings. The number of hydrogen-bond acceptors (Lipinski definition) is 5. The molecule has 1 atom stereocenters. The molecule has 0 radical (unpaired) electrons. The zero-order valence-corrected chi connectivity index (χ0v) is 15.5. The van der Waals surface area contributed by atoms with Gasteiger partial charge in [0.1, 0.15) is 6.54 Å². The molecule has 0 bridgehead atoms. The Labute approximate surface area is 158 Å². The van der Waals surface area contributed by atoms with E-state index in [1.54, 1.807) is 25.1 Å². The molecule has 0 unspecified atom stereocenters. The van der Waals surface area contributed by atoms with Gasteiger partial charge in [0.05, 0.1) is 23.2 Å². The molecule has 1 amide bonds. The number of nitrogens with one attached hydrogen (secondary N) is 1. The SMILES string of the molecule is COc1ccn2c(=O)n(CC(=O)N[C@@H](C)c3ccc(Cl)c(Cl)c3)nc2n1. The van der Waals surface area contributed by atoms with E-state index in [1.165, 1.54) is 23.8 Å². The number of aromatic nitrogens is 4. The summed E-state index contributed by atoms with van der Waals surface area (Å²) in [6, 6.07) is 6.33. The number of ether oxygens (including phenoxy) is 1. The lowest BCUT2D eigenvalue weighted by Gasteiger charge is -2.14. The number of fused-ring (bicyclic) bond motifs is 1. The fourth-order valence-electron chi connectivity index (χ4n) is 2.39. The molecule has 0 spiro atoms. The zero-order valence-electron chi connectivity index (χ0n) is 13.9. The summed E-state index contributed by atoms with van der Waals surface area (Å²) in [4.78, 5) is 28.6. The van der Waals surface area contributed by atoms with Crippen LogP contribution in [0.25, 0.3) is 5.78 Å². The number of hydrogen-bond donors (Lipinski definition) is 1. The minimum Gasteiger partial charge on any atom is -0.481 e. The molecule has 0 saturated heterocycles. The molecule has 26 heavy (non-hydrogen) atoms. The molecule has 1 aromatic carbocycles. The van der Waals surface area contributed by atoms with Gasteiger partial charge in [0.2, 0.25) is 11.8 Å². The maximum atomic E-state index is 12.3. The highest BCUT2D eigenvalue weighted by Gasteiger charge is 2.15. The summed E-state index contributed by atoms with van der Waals surface area (Å²) in [6.45, 7) is 1.56. The van der Waals surface area contributed by atoms with Crippen molar-refractivity contribution in [3.05, 3.63) is 56.6 Å². The number of carbonyl (C=O) groups excluding carboxylic acids is 1. The molecule has 3 aromatic rings. The molecule has 2 aromatic heterocycles. The fourth-order valence-corrected chi connectivity index (χ4v) is 2.70.